The van der Waals surface area contributed by atoms with Crippen molar-refractivity contribution < 1.29 is 33.5 Å². The molecule has 2 N–H and O–H groups in total. The molecule has 4 fully saturated rings. The molecule has 4 aromatic rings. The van der Waals surface area contributed by atoms with Gasteiger partial charge in [0.1, 0.15) is 11.6 Å². The Morgan fingerprint density at radius 1 is 0.833 bits per heavy atom. The zero-order chi connectivity index (χ0) is 41.1. The average Bonchev–Trinajstić information content (AvgIpc) is 3.92. The van der Waals surface area contributed by atoms with E-state index >= 15 is 0 Å². The summed E-state index contributed by atoms with van der Waals surface area (Å²) in [4.78, 5) is 92.7. The van der Waals surface area contributed by atoms with Gasteiger partial charge in [-0.25, -0.2) is 9.50 Å². The molecule has 0 saturated carbocycles. The SMILES string of the molecule is O=C1CCC(N2C(=O)c3ccc(N4CCC(CN5CCC(N6Cc7cc(NC(=O)c8cnn9cccnc89)c(N8CCOCC8)cc7C6=O)CC5)CC4)cc3C2=O)C(=O)N1. The monoisotopic (exact) mass is 814 g/mol. The fourth-order valence-electron chi connectivity index (χ4n) is 9.82. The number of benzene rings is 2. The largest absolute Gasteiger partial charge is 0.378 e. The van der Waals surface area contributed by atoms with Crippen molar-refractivity contribution in [3.63, 3.8) is 0 Å². The summed E-state index contributed by atoms with van der Waals surface area (Å²) in [5.74, 6) is -1.76. The molecule has 17 nitrogen and oxygen atoms in total. The van der Waals surface area contributed by atoms with Gasteiger partial charge in [-0.15, -0.1) is 0 Å². The topological polar surface area (TPSA) is 182 Å². The number of carbonyl (C=O) groups excluding carboxylic acids is 6. The van der Waals surface area contributed by atoms with Crippen LogP contribution in [-0.4, -0.2) is 136 Å². The van der Waals surface area contributed by atoms with Crippen molar-refractivity contribution in [1.82, 2.24) is 34.6 Å². The zero-order valence-corrected chi connectivity index (χ0v) is 33.2. The van der Waals surface area contributed by atoms with Crippen molar-refractivity contribution in [3.05, 3.63) is 82.8 Å². The first-order valence-corrected chi connectivity index (χ1v) is 20.9. The van der Waals surface area contributed by atoms with Gasteiger partial charge in [-0.05, 0) is 80.0 Å². The lowest BCUT2D eigenvalue weighted by Gasteiger charge is -2.40. The number of likely N-dealkylation sites (tertiary alicyclic amines) is 1. The van der Waals surface area contributed by atoms with E-state index in [9.17, 15) is 28.8 Å². The number of carbonyl (C=O) groups is 6. The quantitative estimate of drug-likeness (QED) is 0.249. The maximum Gasteiger partial charge on any atom is 0.262 e. The van der Waals surface area contributed by atoms with Crippen molar-refractivity contribution in [2.75, 3.05) is 74.1 Å². The van der Waals surface area contributed by atoms with Gasteiger partial charge in [0, 0.05) is 88.5 Å². The minimum atomic E-state index is -0.983. The molecule has 2 aromatic carbocycles. The van der Waals surface area contributed by atoms with Gasteiger partial charge in [0.15, 0.2) is 5.65 Å². The van der Waals surface area contributed by atoms with E-state index < -0.39 is 29.7 Å². The summed E-state index contributed by atoms with van der Waals surface area (Å²) in [7, 11) is 0. The van der Waals surface area contributed by atoms with E-state index in [1.165, 1.54) is 6.20 Å². The molecule has 8 heterocycles. The fourth-order valence-corrected chi connectivity index (χ4v) is 9.82. The summed E-state index contributed by atoms with van der Waals surface area (Å²) in [5, 5.41) is 9.65. The molecule has 1 atom stereocenters. The number of ether oxygens (including phenoxy) is 1. The highest BCUT2D eigenvalue weighted by Gasteiger charge is 2.45. The lowest BCUT2D eigenvalue weighted by molar-refractivity contribution is -0.136. The molecule has 310 valence electrons. The first-order chi connectivity index (χ1) is 29.2. The van der Waals surface area contributed by atoms with Crippen LogP contribution in [0.3, 0.4) is 0 Å². The van der Waals surface area contributed by atoms with Crippen LogP contribution in [0.25, 0.3) is 5.65 Å². The molecule has 4 saturated heterocycles. The summed E-state index contributed by atoms with van der Waals surface area (Å²) >= 11 is 0. The lowest BCUT2D eigenvalue weighted by Crippen LogP contribution is -2.54. The molecule has 60 heavy (non-hydrogen) atoms. The third-order valence-corrected chi connectivity index (χ3v) is 13.1. The number of imide groups is 2. The number of anilines is 3. The zero-order valence-electron chi connectivity index (χ0n) is 33.2. The lowest BCUT2D eigenvalue weighted by atomic mass is 9.94. The minimum absolute atomic E-state index is 0.0383. The number of hydrogen-bond donors (Lipinski definition) is 2. The second-order valence-corrected chi connectivity index (χ2v) is 16.6. The summed E-state index contributed by atoms with van der Waals surface area (Å²) < 4.78 is 7.19. The smallest absolute Gasteiger partial charge is 0.262 e. The molecule has 6 aliphatic rings. The van der Waals surface area contributed by atoms with Crippen molar-refractivity contribution in [1.29, 1.82) is 0 Å². The first-order valence-electron chi connectivity index (χ1n) is 20.9. The van der Waals surface area contributed by atoms with Crippen LogP contribution in [0, 0.1) is 5.92 Å². The highest BCUT2D eigenvalue weighted by Crippen LogP contribution is 2.38. The predicted octanol–water partition coefficient (Wildman–Crippen LogP) is 2.56. The van der Waals surface area contributed by atoms with Crippen molar-refractivity contribution in [3.8, 4) is 0 Å². The van der Waals surface area contributed by atoms with Crippen molar-refractivity contribution in [2.45, 2.75) is 57.2 Å². The van der Waals surface area contributed by atoms with Crippen LogP contribution in [0.2, 0.25) is 0 Å². The van der Waals surface area contributed by atoms with Gasteiger partial charge >= 0.3 is 0 Å². The van der Waals surface area contributed by atoms with Crippen LogP contribution in [0.4, 0.5) is 17.1 Å². The maximum absolute atomic E-state index is 14.0. The first kappa shape index (κ1) is 38.0. The number of morpholine rings is 1. The van der Waals surface area contributed by atoms with E-state index in [0.717, 1.165) is 80.2 Å². The van der Waals surface area contributed by atoms with Crippen molar-refractivity contribution >= 4 is 58.2 Å². The highest BCUT2D eigenvalue weighted by atomic mass is 16.5. The van der Waals surface area contributed by atoms with E-state index in [1.54, 1.807) is 35.1 Å². The molecule has 0 spiro atoms. The third kappa shape index (κ3) is 6.84. The number of nitrogens with zero attached hydrogens (tertiary/aromatic N) is 8. The van der Waals surface area contributed by atoms with Gasteiger partial charge in [0.25, 0.3) is 23.6 Å². The van der Waals surface area contributed by atoms with Crippen LogP contribution in [0.5, 0.6) is 0 Å². The highest BCUT2D eigenvalue weighted by molar-refractivity contribution is 6.23. The van der Waals surface area contributed by atoms with Gasteiger partial charge < -0.3 is 29.7 Å². The average molecular weight is 815 g/mol. The van der Waals surface area contributed by atoms with Gasteiger partial charge in [-0.2, -0.15) is 5.10 Å². The Morgan fingerprint density at radius 2 is 1.62 bits per heavy atom. The fraction of sp³-hybridized carbons (Fsp3) is 0.442. The Morgan fingerprint density at radius 3 is 2.40 bits per heavy atom. The van der Waals surface area contributed by atoms with Crippen LogP contribution in [-0.2, 0) is 20.9 Å². The van der Waals surface area contributed by atoms with Gasteiger partial charge in [0.05, 0.1) is 41.9 Å². The van der Waals surface area contributed by atoms with Crippen molar-refractivity contribution in [2.24, 2.45) is 5.92 Å². The standard InChI is InChI=1S/C43H46N10O7/c54-37-5-4-35(40(56)47-37)53-42(58)30-3-2-29(21-32(30)43(53)59)49-14-6-26(7-15-49)24-48-12-8-28(9-13-48)51-25-27-20-34(36(22-31(27)41(51)57)50-16-18-60-19-17-50)46-39(55)33-23-45-52-11-1-10-44-38(33)52/h1-3,10-11,20-23,26,28,35H,4-9,12-19,24-25H2,(H,46,55)(H,47,54,56). The Hall–Kier alpha value is -6.20. The molecule has 6 amide bonds. The van der Waals surface area contributed by atoms with E-state index in [0.29, 0.717) is 66.8 Å². The Labute approximate surface area is 345 Å². The molecule has 10 rings (SSSR count). The second kappa shape index (κ2) is 15.4. The van der Waals surface area contributed by atoms with Gasteiger partial charge in [-0.1, -0.05) is 0 Å². The van der Waals surface area contributed by atoms with Crippen LogP contribution in [0.1, 0.15) is 85.5 Å². The molecular formula is C43H46N10O7. The maximum atomic E-state index is 14.0. The predicted molar refractivity (Wildman–Crippen MR) is 218 cm³/mol. The molecule has 0 bridgehead atoms. The molecule has 1 unspecified atom stereocenters. The number of nitrogens with one attached hydrogen (secondary N) is 2. The number of fused-ring (bicyclic) bond motifs is 3. The molecule has 17 heteroatoms. The van der Waals surface area contributed by atoms with Crippen LogP contribution >= 0.6 is 0 Å². The Bertz CT molecular complexity index is 2430. The van der Waals surface area contributed by atoms with Gasteiger partial charge in [-0.3, -0.25) is 39.0 Å². The third-order valence-electron chi connectivity index (χ3n) is 13.1. The van der Waals surface area contributed by atoms with Crippen LogP contribution in [0.15, 0.2) is 55.0 Å². The molecule has 6 aliphatic heterocycles. The number of rotatable bonds is 8. The normalized spacial score (nSPS) is 21.9. The molecule has 0 aliphatic carbocycles. The summed E-state index contributed by atoms with van der Waals surface area (Å²) in [6.45, 7) is 7.38. The van der Waals surface area contributed by atoms with E-state index in [1.807, 2.05) is 23.1 Å². The molecule has 2 aromatic heterocycles. The second-order valence-electron chi connectivity index (χ2n) is 16.6. The number of hydrogen-bond acceptors (Lipinski definition) is 12. The Kier molecular flexibility index (Phi) is 9.78. The van der Waals surface area contributed by atoms with E-state index in [4.69, 9.17) is 4.74 Å². The number of piperidine rings is 3. The van der Waals surface area contributed by atoms with E-state index in [2.05, 4.69) is 35.4 Å². The van der Waals surface area contributed by atoms with E-state index in [-0.39, 0.29) is 36.3 Å². The minimum Gasteiger partial charge on any atom is -0.378 e. The molecular weight excluding hydrogens is 769 g/mol. The van der Waals surface area contributed by atoms with Gasteiger partial charge in [0.2, 0.25) is 11.8 Å². The number of aromatic nitrogens is 3. The molecule has 0 radical (unpaired) electrons. The summed E-state index contributed by atoms with van der Waals surface area (Å²) in [6, 6.07) is 10.1. The van der Waals surface area contributed by atoms with Crippen LogP contribution < -0.4 is 20.4 Å². The number of amides is 6. The summed E-state index contributed by atoms with van der Waals surface area (Å²) in [5.41, 5.74) is 5.37. The summed E-state index contributed by atoms with van der Waals surface area (Å²) in [6.07, 6.45) is 8.87. The Balaban J connectivity index is 0.747.